The minimum Gasteiger partial charge on any atom is -0.507 e. The van der Waals surface area contributed by atoms with Crippen LogP contribution in [0.4, 0.5) is 5.00 Å². The first-order chi connectivity index (χ1) is 17.4. The summed E-state index contributed by atoms with van der Waals surface area (Å²) in [6.45, 7) is 4.22. The van der Waals surface area contributed by atoms with E-state index in [0.29, 0.717) is 28.4 Å². The fourth-order valence-electron chi connectivity index (χ4n) is 4.78. The molecule has 0 radical (unpaired) electrons. The molecule has 7 nitrogen and oxygen atoms in total. The number of carbonyl (C=O) groups excluding carboxylic acids is 2. The van der Waals surface area contributed by atoms with E-state index in [1.807, 2.05) is 50.2 Å². The number of hydrogen-bond acceptors (Lipinski definition) is 5. The Morgan fingerprint density at radius 3 is 2.61 bits per heavy atom. The molecule has 0 atom stereocenters. The molecule has 2 aromatic heterocycles. The number of hydrogen-bond donors (Lipinski definition) is 4. The molecule has 2 aromatic carbocycles. The summed E-state index contributed by atoms with van der Waals surface area (Å²) in [4.78, 5) is 27.6. The molecular weight excluding hydrogens is 472 g/mol. The SMILES string of the molecule is Cc1cc(C)c(-c2cc(C(=O)Nc3sc4c(c3C(=O)NCc3ccccc3)CCCC4)[nH]n2)c(O)c1. The lowest BCUT2D eigenvalue weighted by atomic mass is 9.95. The van der Waals surface area contributed by atoms with Crippen LogP contribution in [0.5, 0.6) is 5.75 Å². The van der Waals surface area contributed by atoms with Crippen LogP contribution in [0.25, 0.3) is 11.3 Å². The summed E-state index contributed by atoms with van der Waals surface area (Å²) in [5.41, 5.74) is 5.76. The summed E-state index contributed by atoms with van der Waals surface area (Å²) in [5, 5.41) is 24.0. The summed E-state index contributed by atoms with van der Waals surface area (Å²) in [7, 11) is 0. The zero-order valence-electron chi connectivity index (χ0n) is 20.3. The van der Waals surface area contributed by atoms with Gasteiger partial charge in [-0.15, -0.1) is 11.3 Å². The number of fused-ring (bicyclic) bond motifs is 1. The van der Waals surface area contributed by atoms with Crippen molar-refractivity contribution in [3.05, 3.63) is 86.9 Å². The number of phenols is 1. The molecule has 0 unspecified atom stereocenters. The maximum Gasteiger partial charge on any atom is 0.274 e. The van der Waals surface area contributed by atoms with Gasteiger partial charge in [0, 0.05) is 17.0 Å². The maximum atomic E-state index is 13.3. The van der Waals surface area contributed by atoms with E-state index < -0.39 is 0 Å². The van der Waals surface area contributed by atoms with Gasteiger partial charge < -0.3 is 15.7 Å². The molecule has 2 heterocycles. The van der Waals surface area contributed by atoms with Gasteiger partial charge in [0.2, 0.25) is 0 Å². The molecule has 2 amide bonds. The molecule has 36 heavy (non-hydrogen) atoms. The van der Waals surface area contributed by atoms with Crippen molar-refractivity contribution in [3.8, 4) is 17.0 Å². The minimum absolute atomic E-state index is 0.120. The smallest absolute Gasteiger partial charge is 0.274 e. The van der Waals surface area contributed by atoms with E-state index in [0.717, 1.165) is 52.8 Å². The summed E-state index contributed by atoms with van der Waals surface area (Å²) < 4.78 is 0. The summed E-state index contributed by atoms with van der Waals surface area (Å²) >= 11 is 1.48. The minimum atomic E-state index is -0.381. The van der Waals surface area contributed by atoms with Crippen LogP contribution in [0.15, 0.2) is 48.5 Å². The van der Waals surface area contributed by atoms with Gasteiger partial charge in [-0.25, -0.2) is 0 Å². The van der Waals surface area contributed by atoms with Crippen molar-refractivity contribution < 1.29 is 14.7 Å². The van der Waals surface area contributed by atoms with Crippen molar-refractivity contribution >= 4 is 28.2 Å². The lowest BCUT2D eigenvalue weighted by Crippen LogP contribution is -2.25. The van der Waals surface area contributed by atoms with E-state index in [2.05, 4.69) is 20.8 Å². The van der Waals surface area contributed by atoms with Gasteiger partial charge in [-0.05, 0) is 73.9 Å². The fraction of sp³-hybridized carbons (Fsp3) is 0.250. The number of carbonyl (C=O) groups is 2. The highest BCUT2D eigenvalue weighted by Gasteiger charge is 2.27. The highest BCUT2D eigenvalue weighted by molar-refractivity contribution is 7.17. The maximum absolute atomic E-state index is 13.3. The van der Waals surface area contributed by atoms with Crippen molar-refractivity contribution in [1.82, 2.24) is 15.5 Å². The number of phenolic OH excluding ortho intramolecular Hbond substituents is 1. The topological polar surface area (TPSA) is 107 Å². The second-order valence-electron chi connectivity index (χ2n) is 9.18. The normalized spacial score (nSPS) is 12.7. The van der Waals surface area contributed by atoms with Gasteiger partial charge in [0.1, 0.15) is 16.4 Å². The lowest BCUT2D eigenvalue weighted by molar-refractivity contribution is 0.0951. The zero-order valence-corrected chi connectivity index (χ0v) is 21.1. The second kappa shape index (κ2) is 9.99. The highest BCUT2D eigenvalue weighted by Crippen LogP contribution is 2.39. The van der Waals surface area contributed by atoms with Crippen molar-refractivity contribution in [2.45, 2.75) is 46.1 Å². The molecule has 0 fully saturated rings. The van der Waals surface area contributed by atoms with Gasteiger partial charge in [0.05, 0.1) is 11.3 Å². The molecule has 184 valence electrons. The monoisotopic (exact) mass is 500 g/mol. The van der Waals surface area contributed by atoms with Gasteiger partial charge >= 0.3 is 0 Å². The van der Waals surface area contributed by atoms with E-state index in [4.69, 9.17) is 0 Å². The highest BCUT2D eigenvalue weighted by atomic mass is 32.1. The predicted octanol–water partition coefficient (Wildman–Crippen LogP) is 5.52. The molecule has 4 aromatic rings. The molecule has 0 aliphatic heterocycles. The van der Waals surface area contributed by atoms with Crippen LogP contribution >= 0.6 is 11.3 Å². The van der Waals surface area contributed by atoms with Crippen LogP contribution in [0, 0.1) is 13.8 Å². The number of nitrogens with one attached hydrogen (secondary N) is 3. The molecule has 4 N–H and O–H groups in total. The van der Waals surface area contributed by atoms with E-state index in [9.17, 15) is 14.7 Å². The number of H-pyrrole nitrogens is 1. The number of anilines is 1. The zero-order chi connectivity index (χ0) is 25.2. The first kappa shape index (κ1) is 23.8. The summed E-state index contributed by atoms with van der Waals surface area (Å²) in [6.07, 6.45) is 3.85. The number of benzene rings is 2. The van der Waals surface area contributed by atoms with E-state index in [-0.39, 0.29) is 23.3 Å². The molecular formula is C28H28N4O3S. The van der Waals surface area contributed by atoms with Gasteiger partial charge in [0.25, 0.3) is 11.8 Å². The Bertz CT molecular complexity index is 1420. The van der Waals surface area contributed by atoms with Gasteiger partial charge in [-0.1, -0.05) is 36.4 Å². The second-order valence-corrected chi connectivity index (χ2v) is 10.3. The molecule has 5 rings (SSSR count). The Morgan fingerprint density at radius 1 is 1.06 bits per heavy atom. The van der Waals surface area contributed by atoms with Crippen molar-refractivity contribution in [3.63, 3.8) is 0 Å². The number of aromatic nitrogens is 2. The lowest BCUT2D eigenvalue weighted by Gasteiger charge is -2.13. The van der Waals surface area contributed by atoms with Gasteiger partial charge in [-0.2, -0.15) is 5.10 Å². The van der Waals surface area contributed by atoms with E-state index >= 15 is 0 Å². The molecule has 0 saturated carbocycles. The molecule has 0 saturated heterocycles. The third-order valence-corrected chi connectivity index (χ3v) is 7.67. The molecule has 1 aliphatic carbocycles. The van der Waals surface area contributed by atoms with Crippen LogP contribution < -0.4 is 10.6 Å². The van der Waals surface area contributed by atoms with Crippen LogP contribution in [-0.4, -0.2) is 27.1 Å². The van der Waals surface area contributed by atoms with Crippen LogP contribution in [0.3, 0.4) is 0 Å². The van der Waals surface area contributed by atoms with Gasteiger partial charge in [-0.3, -0.25) is 14.7 Å². The first-order valence-corrected chi connectivity index (χ1v) is 12.9. The Kier molecular flexibility index (Phi) is 6.61. The molecule has 1 aliphatic rings. The summed E-state index contributed by atoms with van der Waals surface area (Å²) in [6, 6.07) is 15.0. The van der Waals surface area contributed by atoms with Crippen molar-refractivity contribution in [2.75, 3.05) is 5.32 Å². The number of nitrogens with zero attached hydrogens (tertiary/aromatic N) is 1. The van der Waals surface area contributed by atoms with Crippen molar-refractivity contribution in [1.29, 1.82) is 0 Å². The van der Waals surface area contributed by atoms with Gasteiger partial charge in [0.15, 0.2) is 0 Å². The standard InChI is InChI=1S/C28H28N4O3S/c1-16-12-17(2)24(22(33)13-16)20-14-21(32-31-20)26(34)30-28-25(19-10-6-7-11-23(19)36-28)27(35)29-15-18-8-4-3-5-9-18/h3-5,8-9,12-14,33H,6-7,10-11,15H2,1-2H3,(H,29,35)(H,30,34)(H,31,32). The molecule has 8 heteroatoms. The number of amides is 2. The Balaban J connectivity index is 1.39. The third kappa shape index (κ3) is 4.77. The molecule has 0 spiro atoms. The van der Waals surface area contributed by atoms with Crippen LogP contribution in [0.1, 0.15) is 60.8 Å². The number of rotatable bonds is 6. The number of aryl methyl sites for hydroxylation is 3. The summed E-state index contributed by atoms with van der Waals surface area (Å²) in [5.74, 6) is -0.443. The quantitative estimate of drug-likeness (QED) is 0.280. The Hall–Kier alpha value is -3.91. The average Bonchev–Trinajstić information content (AvgIpc) is 3.47. The third-order valence-electron chi connectivity index (χ3n) is 6.46. The van der Waals surface area contributed by atoms with Crippen molar-refractivity contribution in [2.24, 2.45) is 0 Å². The average molecular weight is 501 g/mol. The van der Waals surface area contributed by atoms with Crippen LogP contribution in [0.2, 0.25) is 0 Å². The van der Waals surface area contributed by atoms with Crippen LogP contribution in [-0.2, 0) is 19.4 Å². The number of aromatic amines is 1. The largest absolute Gasteiger partial charge is 0.507 e. The predicted molar refractivity (Wildman–Crippen MR) is 142 cm³/mol. The van der Waals surface area contributed by atoms with E-state index in [1.54, 1.807) is 12.1 Å². The molecule has 0 bridgehead atoms. The van der Waals surface area contributed by atoms with E-state index in [1.165, 1.54) is 11.3 Å². The first-order valence-electron chi connectivity index (χ1n) is 12.0. The number of aromatic hydroxyl groups is 1. The Labute approximate surface area is 213 Å². The fourth-order valence-corrected chi connectivity index (χ4v) is 6.06. The number of thiophene rings is 1. The Morgan fingerprint density at radius 2 is 1.83 bits per heavy atom.